The van der Waals surface area contributed by atoms with E-state index < -0.39 is 0 Å². The van der Waals surface area contributed by atoms with E-state index in [4.69, 9.17) is 4.74 Å². The summed E-state index contributed by atoms with van der Waals surface area (Å²) < 4.78 is 7.84. The lowest BCUT2D eigenvalue weighted by Gasteiger charge is -2.36. The maximum atomic E-state index is 9.45. The minimum absolute atomic E-state index is 0.0809. The van der Waals surface area contributed by atoms with Crippen LogP contribution in [0.25, 0.3) is 11.3 Å². The molecule has 3 aromatic rings. The third kappa shape index (κ3) is 3.31. The fourth-order valence-electron chi connectivity index (χ4n) is 4.92. The molecule has 1 saturated carbocycles. The van der Waals surface area contributed by atoms with Crippen molar-refractivity contribution >= 4 is 5.82 Å². The number of nitriles is 1. The van der Waals surface area contributed by atoms with Crippen LogP contribution in [0.1, 0.15) is 24.4 Å². The zero-order chi connectivity index (χ0) is 20.5. The molecule has 0 unspecified atom stereocenters. The molecule has 1 aliphatic heterocycles. The summed E-state index contributed by atoms with van der Waals surface area (Å²) >= 11 is 0. The molecule has 152 valence electrons. The lowest BCUT2D eigenvalue weighted by Crippen LogP contribution is -2.37. The van der Waals surface area contributed by atoms with Crippen molar-refractivity contribution in [2.45, 2.75) is 25.0 Å². The third-order valence-electron chi connectivity index (χ3n) is 6.42. The van der Waals surface area contributed by atoms with Gasteiger partial charge in [0.05, 0.1) is 23.9 Å². The molecule has 0 amide bonds. The standard InChI is InChI=1S/C22H23N7O/c1-30-21-10-18-13-28(22-16(11-23)3-2-6-25-22)12-17(18)9-20(21)29-14-19(26-27-29)15-4-7-24-8-5-15/h2-8,14,17-18,20-21H,9-10,12-13H2,1H3/t17-,18+,20-,21-/m1/s1. The van der Waals surface area contributed by atoms with Gasteiger partial charge in [-0.2, -0.15) is 5.26 Å². The van der Waals surface area contributed by atoms with Crippen molar-refractivity contribution in [3.63, 3.8) is 0 Å². The number of rotatable bonds is 4. The van der Waals surface area contributed by atoms with Gasteiger partial charge in [0.2, 0.25) is 0 Å². The third-order valence-corrected chi connectivity index (χ3v) is 6.42. The predicted octanol–water partition coefficient (Wildman–Crippen LogP) is 2.71. The Morgan fingerprint density at radius 2 is 1.90 bits per heavy atom. The van der Waals surface area contributed by atoms with Crippen LogP contribution in [0.4, 0.5) is 5.82 Å². The largest absolute Gasteiger partial charge is 0.379 e. The second-order valence-electron chi connectivity index (χ2n) is 8.04. The van der Waals surface area contributed by atoms with Gasteiger partial charge in [0.1, 0.15) is 17.6 Å². The highest BCUT2D eigenvalue weighted by molar-refractivity contribution is 5.56. The number of hydrogen-bond donors (Lipinski definition) is 0. The van der Waals surface area contributed by atoms with Gasteiger partial charge < -0.3 is 9.64 Å². The Morgan fingerprint density at radius 3 is 2.67 bits per heavy atom. The lowest BCUT2D eigenvalue weighted by molar-refractivity contribution is -0.00541. The number of fused-ring (bicyclic) bond motifs is 1. The first-order valence-corrected chi connectivity index (χ1v) is 10.2. The van der Waals surface area contributed by atoms with Gasteiger partial charge in [0.25, 0.3) is 0 Å². The highest BCUT2D eigenvalue weighted by Crippen LogP contribution is 2.43. The summed E-state index contributed by atoms with van der Waals surface area (Å²) in [6.07, 6.45) is 9.29. The van der Waals surface area contributed by atoms with Crippen LogP contribution in [0.15, 0.2) is 49.1 Å². The van der Waals surface area contributed by atoms with Crippen LogP contribution in [0.5, 0.6) is 0 Å². The highest BCUT2D eigenvalue weighted by atomic mass is 16.5. The molecule has 2 aliphatic rings. The van der Waals surface area contributed by atoms with E-state index in [0.717, 1.165) is 43.0 Å². The van der Waals surface area contributed by atoms with E-state index in [-0.39, 0.29) is 12.1 Å². The predicted molar refractivity (Wildman–Crippen MR) is 110 cm³/mol. The van der Waals surface area contributed by atoms with Crippen LogP contribution >= 0.6 is 0 Å². The summed E-state index contributed by atoms with van der Waals surface area (Å²) in [4.78, 5) is 10.8. The smallest absolute Gasteiger partial charge is 0.146 e. The Labute approximate surface area is 175 Å². The van der Waals surface area contributed by atoms with Gasteiger partial charge in [-0.05, 0) is 48.9 Å². The van der Waals surface area contributed by atoms with Crippen molar-refractivity contribution < 1.29 is 4.74 Å². The quantitative estimate of drug-likeness (QED) is 0.663. The molecule has 2 fully saturated rings. The van der Waals surface area contributed by atoms with E-state index in [9.17, 15) is 5.26 Å². The van der Waals surface area contributed by atoms with Gasteiger partial charge >= 0.3 is 0 Å². The SMILES string of the molecule is CO[C@@H]1C[C@H]2CN(c3ncccc3C#N)C[C@H]2C[C@H]1n1cc(-c2ccncc2)nn1. The number of hydrogen-bond acceptors (Lipinski definition) is 7. The number of pyridine rings is 2. The topological polar surface area (TPSA) is 92.8 Å². The van der Waals surface area contributed by atoms with Crippen molar-refractivity contribution in [1.82, 2.24) is 25.0 Å². The number of anilines is 1. The summed E-state index contributed by atoms with van der Waals surface area (Å²) in [7, 11) is 1.78. The molecule has 1 saturated heterocycles. The molecule has 0 spiro atoms. The zero-order valence-corrected chi connectivity index (χ0v) is 16.8. The Bertz CT molecular complexity index is 1060. The van der Waals surface area contributed by atoms with Gasteiger partial charge in [-0.25, -0.2) is 9.67 Å². The molecule has 0 aromatic carbocycles. The summed E-state index contributed by atoms with van der Waals surface area (Å²) in [5, 5.41) is 18.3. The number of nitrogens with zero attached hydrogens (tertiary/aromatic N) is 7. The van der Waals surface area contributed by atoms with Gasteiger partial charge in [-0.3, -0.25) is 4.98 Å². The molecule has 5 rings (SSSR count). The van der Waals surface area contributed by atoms with Crippen LogP contribution in [0, 0.1) is 23.2 Å². The maximum Gasteiger partial charge on any atom is 0.146 e. The number of ether oxygens (including phenoxy) is 1. The lowest BCUT2D eigenvalue weighted by atomic mass is 9.77. The average Bonchev–Trinajstić information content (AvgIpc) is 3.45. The van der Waals surface area contributed by atoms with E-state index in [1.807, 2.05) is 35.1 Å². The zero-order valence-electron chi connectivity index (χ0n) is 16.8. The van der Waals surface area contributed by atoms with Gasteiger partial charge in [-0.15, -0.1) is 5.10 Å². The van der Waals surface area contributed by atoms with Crippen molar-refractivity contribution in [2.75, 3.05) is 25.1 Å². The number of aromatic nitrogens is 5. The van der Waals surface area contributed by atoms with Crippen LogP contribution < -0.4 is 4.90 Å². The van der Waals surface area contributed by atoms with E-state index >= 15 is 0 Å². The van der Waals surface area contributed by atoms with Gasteiger partial charge in [0, 0.05) is 44.4 Å². The summed E-state index contributed by atoms with van der Waals surface area (Å²) in [6, 6.07) is 9.93. The molecule has 8 heteroatoms. The minimum Gasteiger partial charge on any atom is -0.379 e. The van der Waals surface area contributed by atoms with Gasteiger partial charge in [0.15, 0.2) is 0 Å². The summed E-state index contributed by atoms with van der Waals surface area (Å²) in [5.74, 6) is 1.81. The van der Waals surface area contributed by atoms with E-state index in [0.29, 0.717) is 17.4 Å². The van der Waals surface area contributed by atoms with Crippen LogP contribution in [-0.4, -0.2) is 51.3 Å². The Balaban J connectivity index is 1.37. The van der Waals surface area contributed by atoms with E-state index in [1.165, 1.54) is 0 Å². The second kappa shape index (κ2) is 7.84. The first-order valence-electron chi connectivity index (χ1n) is 10.2. The van der Waals surface area contributed by atoms with Crippen molar-refractivity contribution in [3.05, 3.63) is 54.6 Å². The first kappa shape index (κ1) is 18.7. The van der Waals surface area contributed by atoms with Crippen molar-refractivity contribution in [3.8, 4) is 17.3 Å². The molecule has 8 nitrogen and oxygen atoms in total. The summed E-state index contributed by atoms with van der Waals surface area (Å²) in [5.41, 5.74) is 2.48. The van der Waals surface area contributed by atoms with E-state index in [1.54, 1.807) is 25.7 Å². The molecule has 4 atom stereocenters. The summed E-state index contributed by atoms with van der Waals surface area (Å²) in [6.45, 7) is 1.80. The molecule has 0 radical (unpaired) electrons. The highest BCUT2D eigenvalue weighted by Gasteiger charge is 2.44. The van der Waals surface area contributed by atoms with Gasteiger partial charge in [-0.1, -0.05) is 5.21 Å². The fourth-order valence-corrected chi connectivity index (χ4v) is 4.92. The van der Waals surface area contributed by atoms with Crippen LogP contribution in [-0.2, 0) is 4.74 Å². The average molecular weight is 401 g/mol. The van der Waals surface area contributed by atoms with Crippen molar-refractivity contribution in [1.29, 1.82) is 5.26 Å². The fraction of sp³-hybridized carbons (Fsp3) is 0.409. The Kier molecular flexibility index (Phi) is 4.89. The number of methoxy groups -OCH3 is 1. The molecule has 3 aromatic heterocycles. The normalized spacial score (nSPS) is 25.7. The van der Waals surface area contributed by atoms with Crippen LogP contribution in [0.3, 0.4) is 0 Å². The maximum absolute atomic E-state index is 9.45. The molecule has 0 N–H and O–H groups in total. The molecule has 30 heavy (non-hydrogen) atoms. The molecular formula is C22H23N7O. The van der Waals surface area contributed by atoms with E-state index in [2.05, 4.69) is 31.2 Å². The monoisotopic (exact) mass is 401 g/mol. The van der Waals surface area contributed by atoms with Crippen LogP contribution in [0.2, 0.25) is 0 Å². The Hall–Kier alpha value is -3.31. The first-order chi connectivity index (χ1) is 14.8. The molecule has 4 heterocycles. The second-order valence-corrected chi connectivity index (χ2v) is 8.04. The molecule has 0 bridgehead atoms. The molecular weight excluding hydrogens is 378 g/mol. The minimum atomic E-state index is 0.0809. The Morgan fingerprint density at radius 1 is 1.10 bits per heavy atom. The molecule has 1 aliphatic carbocycles. The van der Waals surface area contributed by atoms with Crippen molar-refractivity contribution in [2.24, 2.45) is 11.8 Å².